The van der Waals surface area contributed by atoms with Crippen LogP contribution in [0.5, 0.6) is 0 Å². The van der Waals surface area contributed by atoms with Crippen molar-refractivity contribution in [2.75, 3.05) is 0 Å². The summed E-state index contributed by atoms with van der Waals surface area (Å²) >= 11 is 0. The Hall–Kier alpha value is -2.17. The fourth-order valence-corrected chi connectivity index (χ4v) is 1.58. The highest BCUT2D eigenvalue weighted by molar-refractivity contribution is 5.90. The lowest BCUT2D eigenvalue weighted by atomic mass is 10.2. The first-order chi connectivity index (χ1) is 7.59. The monoisotopic (exact) mass is 217 g/mol. The van der Waals surface area contributed by atoms with Crippen molar-refractivity contribution in [3.05, 3.63) is 41.3 Å². The zero-order valence-electron chi connectivity index (χ0n) is 9.01. The number of aryl methyl sites for hydroxylation is 2. The van der Waals surface area contributed by atoms with Gasteiger partial charge in [-0.15, -0.1) is 0 Å². The molecule has 0 fully saturated rings. The maximum atomic E-state index is 11.0. The van der Waals surface area contributed by atoms with Gasteiger partial charge < -0.3 is 5.11 Å². The third kappa shape index (κ3) is 1.67. The van der Waals surface area contributed by atoms with Crippen LogP contribution in [0.15, 0.2) is 24.4 Å². The van der Waals surface area contributed by atoms with E-state index in [1.807, 2.05) is 19.9 Å². The molecule has 2 heterocycles. The molecule has 0 amide bonds. The highest BCUT2D eigenvalue weighted by Crippen LogP contribution is 2.14. The second kappa shape index (κ2) is 3.77. The summed E-state index contributed by atoms with van der Waals surface area (Å²) in [5.41, 5.74) is 1.84. The molecule has 0 aliphatic heterocycles. The first-order valence-corrected chi connectivity index (χ1v) is 4.81. The maximum absolute atomic E-state index is 11.0. The summed E-state index contributed by atoms with van der Waals surface area (Å²) in [7, 11) is 0. The molecular weight excluding hydrogens is 206 g/mol. The van der Waals surface area contributed by atoms with E-state index in [-0.39, 0.29) is 5.56 Å². The first-order valence-electron chi connectivity index (χ1n) is 4.81. The van der Waals surface area contributed by atoms with Crippen molar-refractivity contribution in [3.8, 4) is 5.82 Å². The Kier molecular flexibility index (Phi) is 2.44. The van der Waals surface area contributed by atoms with Gasteiger partial charge in [0.2, 0.25) is 0 Å². The van der Waals surface area contributed by atoms with Crippen molar-refractivity contribution in [1.82, 2.24) is 14.8 Å². The average molecular weight is 217 g/mol. The van der Waals surface area contributed by atoms with Gasteiger partial charge in [-0.2, -0.15) is 5.10 Å². The molecule has 0 aliphatic carbocycles. The molecule has 16 heavy (non-hydrogen) atoms. The second-order valence-corrected chi connectivity index (χ2v) is 3.52. The zero-order chi connectivity index (χ0) is 11.7. The van der Waals surface area contributed by atoms with Crippen LogP contribution in [0.25, 0.3) is 5.82 Å². The summed E-state index contributed by atoms with van der Waals surface area (Å²) in [6.07, 6.45) is 1.55. The first kappa shape index (κ1) is 10.4. The van der Waals surface area contributed by atoms with E-state index in [4.69, 9.17) is 5.11 Å². The van der Waals surface area contributed by atoms with Crippen LogP contribution >= 0.6 is 0 Å². The fourth-order valence-electron chi connectivity index (χ4n) is 1.58. The van der Waals surface area contributed by atoms with Crippen LogP contribution in [0.3, 0.4) is 0 Å². The molecule has 0 bridgehead atoms. The molecule has 0 aliphatic rings. The largest absolute Gasteiger partial charge is 0.478 e. The normalized spacial score (nSPS) is 10.4. The van der Waals surface area contributed by atoms with Crippen molar-refractivity contribution in [1.29, 1.82) is 0 Å². The summed E-state index contributed by atoms with van der Waals surface area (Å²) in [6.45, 7) is 3.72. The molecule has 2 aromatic heterocycles. The van der Waals surface area contributed by atoms with Gasteiger partial charge in [-0.3, -0.25) is 0 Å². The number of aromatic carboxylic acids is 1. The lowest BCUT2D eigenvalue weighted by Gasteiger charge is -2.06. The standard InChI is InChI=1S/C11H11N3O2/c1-7-6-8(2)14(13-7)10-9(11(15)16)4-3-5-12-10/h3-6H,1-2H3,(H,15,16). The SMILES string of the molecule is Cc1cc(C)n(-c2ncccc2C(=O)O)n1. The average Bonchev–Trinajstić information content (AvgIpc) is 2.57. The van der Waals surface area contributed by atoms with Crippen molar-refractivity contribution in [2.24, 2.45) is 0 Å². The molecule has 0 spiro atoms. The number of aromatic nitrogens is 3. The van der Waals surface area contributed by atoms with Gasteiger partial charge in [-0.05, 0) is 32.0 Å². The van der Waals surface area contributed by atoms with Crippen LogP contribution in [-0.4, -0.2) is 25.8 Å². The fraction of sp³-hybridized carbons (Fsp3) is 0.182. The van der Waals surface area contributed by atoms with E-state index in [1.165, 1.54) is 6.07 Å². The van der Waals surface area contributed by atoms with Crippen molar-refractivity contribution in [2.45, 2.75) is 13.8 Å². The number of carboxylic acid groups (broad SMARTS) is 1. The quantitative estimate of drug-likeness (QED) is 0.829. The van der Waals surface area contributed by atoms with Crippen LogP contribution in [0.2, 0.25) is 0 Å². The predicted molar refractivity (Wildman–Crippen MR) is 57.8 cm³/mol. The molecule has 0 saturated carbocycles. The van der Waals surface area contributed by atoms with Gasteiger partial charge in [0.15, 0.2) is 5.82 Å². The molecule has 0 saturated heterocycles. The third-order valence-corrected chi connectivity index (χ3v) is 2.23. The van der Waals surface area contributed by atoms with Gasteiger partial charge in [-0.25, -0.2) is 14.5 Å². The Morgan fingerprint density at radius 1 is 1.44 bits per heavy atom. The summed E-state index contributed by atoms with van der Waals surface area (Å²) < 4.78 is 1.54. The Labute approximate surface area is 92.4 Å². The summed E-state index contributed by atoms with van der Waals surface area (Å²) in [5, 5.41) is 13.3. The number of hydrogen-bond donors (Lipinski definition) is 1. The van der Waals surface area contributed by atoms with Crippen molar-refractivity contribution < 1.29 is 9.90 Å². The minimum Gasteiger partial charge on any atom is -0.478 e. The lowest BCUT2D eigenvalue weighted by Crippen LogP contribution is -2.09. The Bertz CT molecular complexity index is 546. The van der Waals surface area contributed by atoms with E-state index in [1.54, 1.807) is 16.9 Å². The van der Waals surface area contributed by atoms with E-state index in [9.17, 15) is 4.79 Å². The molecule has 5 nitrogen and oxygen atoms in total. The number of carbonyl (C=O) groups is 1. The second-order valence-electron chi connectivity index (χ2n) is 3.52. The van der Waals surface area contributed by atoms with Gasteiger partial charge in [0.1, 0.15) is 5.56 Å². The third-order valence-electron chi connectivity index (χ3n) is 2.23. The molecule has 82 valence electrons. The van der Waals surface area contributed by atoms with Crippen LogP contribution in [0.4, 0.5) is 0 Å². The van der Waals surface area contributed by atoms with E-state index >= 15 is 0 Å². The number of pyridine rings is 1. The topological polar surface area (TPSA) is 68.0 Å². The number of rotatable bonds is 2. The van der Waals surface area contributed by atoms with E-state index < -0.39 is 5.97 Å². The van der Waals surface area contributed by atoms with Gasteiger partial charge in [0.05, 0.1) is 5.69 Å². The molecule has 0 radical (unpaired) electrons. The molecule has 2 rings (SSSR count). The summed E-state index contributed by atoms with van der Waals surface area (Å²) in [5.74, 6) is -0.656. The summed E-state index contributed by atoms with van der Waals surface area (Å²) in [6, 6.07) is 4.99. The van der Waals surface area contributed by atoms with Crippen LogP contribution in [0, 0.1) is 13.8 Å². The predicted octanol–water partition coefficient (Wildman–Crippen LogP) is 1.58. The zero-order valence-corrected chi connectivity index (χ0v) is 9.01. The van der Waals surface area contributed by atoms with E-state index in [2.05, 4.69) is 10.1 Å². The Morgan fingerprint density at radius 3 is 2.75 bits per heavy atom. The van der Waals surface area contributed by atoms with Crippen molar-refractivity contribution in [3.63, 3.8) is 0 Å². The van der Waals surface area contributed by atoms with Crippen LogP contribution in [0.1, 0.15) is 21.7 Å². The molecule has 5 heteroatoms. The van der Waals surface area contributed by atoms with E-state index in [0.717, 1.165) is 11.4 Å². The Morgan fingerprint density at radius 2 is 2.19 bits per heavy atom. The van der Waals surface area contributed by atoms with Gasteiger partial charge in [0.25, 0.3) is 0 Å². The highest BCUT2D eigenvalue weighted by Gasteiger charge is 2.14. The molecule has 0 aromatic carbocycles. The highest BCUT2D eigenvalue weighted by atomic mass is 16.4. The maximum Gasteiger partial charge on any atom is 0.339 e. The number of hydrogen-bond acceptors (Lipinski definition) is 3. The van der Waals surface area contributed by atoms with Crippen LogP contribution in [-0.2, 0) is 0 Å². The number of carboxylic acids is 1. The summed E-state index contributed by atoms with van der Waals surface area (Å²) in [4.78, 5) is 15.1. The molecule has 1 N–H and O–H groups in total. The smallest absolute Gasteiger partial charge is 0.339 e. The Balaban J connectivity index is 2.64. The molecule has 0 atom stereocenters. The van der Waals surface area contributed by atoms with Gasteiger partial charge in [-0.1, -0.05) is 0 Å². The van der Waals surface area contributed by atoms with Crippen LogP contribution < -0.4 is 0 Å². The minimum absolute atomic E-state index is 0.147. The molecule has 0 unspecified atom stereocenters. The number of nitrogens with zero attached hydrogens (tertiary/aromatic N) is 3. The molecular formula is C11H11N3O2. The minimum atomic E-state index is -1.00. The molecule has 2 aromatic rings. The van der Waals surface area contributed by atoms with Gasteiger partial charge >= 0.3 is 5.97 Å². The van der Waals surface area contributed by atoms with Crippen molar-refractivity contribution >= 4 is 5.97 Å². The van der Waals surface area contributed by atoms with Gasteiger partial charge in [0, 0.05) is 11.9 Å². The van der Waals surface area contributed by atoms with E-state index in [0.29, 0.717) is 5.82 Å². The lowest BCUT2D eigenvalue weighted by molar-refractivity contribution is 0.0696.